The Balaban J connectivity index is 2.53. The summed E-state index contributed by atoms with van der Waals surface area (Å²) in [5.74, 6) is 0.718. The Labute approximate surface area is 86.8 Å². The van der Waals surface area contributed by atoms with Gasteiger partial charge in [-0.2, -0.15) is 5.10 Å². The summed E-state index contributed by atoms with van der Waals surface area (Å²) in [6.45, 7) is 0. The second kappa shape index (κ2) is 5.04. The molecule has 0 aromatic carbocycles. The van der Waals surface area contributed by atoms with E-state index < -0.39 is 0 Å². The first-order chi connectivity index (χ1) is 6.24. The minimum absolute atomic E-state index is 0.718. The van der Waals surface area contributed by atoms with Crippen molar-refractivity contribution >= 4 is 34.5 Å². The summed E-state index contributed by atoms with van der Waals surface area (Å²) in [5.41, 5.74) is 0. The molecule has 0 radical (unpaired) electrons. The van der Waals surface area contributed by atoms with Crippen molar-refractivity contribution in [3.8, 4) is 0 Å². The highest BCUT2D eigenvalue weighted by Gasteiger charge is 1.98. The number of thioether (sulfide) groups is 1. The first-order valence-corrected chi connectivity index (χ1v) is 5.26. The van der Waals surface area contributed by atoms with Crippen LogP contribution >= 0.6 is 24.0 Å². The summed E-state index contributed by atoms with van der Waals surface area (Å²) in [7, 11) is 1.80. The minimum Gasteiger partial charge on any atom is -0.463 e. The molecule has 0 fully saturated rings. The maximum Gasteiger partial charge on any atom is 0.156 e. The van der Waals surface area contributed by atoms with Gasteiger partial charge in [0.1, 0.15) is 5.76 Å². The zero-order valence-corrected chi connectivity index (χ0v) is 9.06. The summed E-state index contributed by atoms with van der Waals surface area (Å²) in [6, 6.07) is 3.65. The fraction of sp³-hybridized carbons (Fsp3) is 0.250. The molecule has 1 aromatic rings. The lowest BCUT2D eigenvalue weighted by atomic mass is 10.5. The van der Waals surface area contributed by atoms with Gasteiger partial charge in [-0.05, 0) is 18.4 Å². The number of hydrogen-bond donors (Lipinski definition) is 0. The Morgan fingerprint density at radius 3 is 3.08 bits per heavy atom. The summed E-state index contributed by atoms with van der Waals surface area (Å²) in [5, 5.41) is 5.72. The SMILES string of the molecule is CSC(=S)N(C)/N=C/c1ccco1. The number of thiocarbonyl (C=S) groups is 1. The second-order valence-electron chi connectivity index (χ2n) is 2.25. The monoisotopic (exact) mass is 214 g/mol. The van der Waals surface area contributed by atoms with Gasteiger partial charge in [0.05, 0.1) is 12.5 Å². The van der Waals surface area contributed by atoms with Crippen LogP contribution in [0.1, 0.15) is 5.76 Å². The van der Waals surface area contributed by atoms with Crippen LogP contribution in [0.15, 0.2) is 27.9 Å². The van der Waals surface area contributed by atoms with Crippen molar-refractivity contribution in [3.05, 3.63) is 24.2 Å². The molecule has 0 atom stereocenters. The highest BCUT2D eigenvalue weighted by Crippen LogP contribution is 2.03. The van der Waals surface area contributed by atoms with Crippen molar-refractivity contribution in [2.24, 2.45) is 5.10 Å². The summed E-state index contributed by atoms with van der Waals surface area (Å²) < 4.78 is 5.80. The molecule has 1 rings (SSSR count). The predicted molar refractivity (Wildman–Crippen MR) is 60.2 cm³/mol. The highest BCUT2D eigenvalue weighted by atomic mass is 32.2. The maximum atomic E-state index is 5.07. The Bertz CT molecular complexity index is 295. The van der Waals surface area contributed by atoms with Crippen molar-refractivity contribution in [1.82, 2.24) is 5.01 Å². The van der Waals surface area contributed by atoms with Crippen molar-refractivity contribution in [2.75, 3.05) is 13.3 Å². The highest BCUT2D eigenvalue weighted by molar-refractivity contribution is 8.22. The third-order valence-corrected chi connectivity index (χ3v) is 2.72. The molecular formula is C8H10N2OS2. The predicted octanol–water partition coefficient (Wildman–Crippen LogP) is 2.19. The van der Waals surface area contributed by atoms with E-state index >= 15 is 0 Å². The molecule has 70 valence electrons. The van der Waals surface area contributed by atoms with E-state index in [1.807, 2.05) is 18.4 Å². The van der Waals surface area contributed by atoms with Gasteiger partial charge in [-0.15, -0.1) is 0 Å². The van der Waals surface area contributed by atoms with Crippen LogP contribution in [-0.2, 0) is 0 Å². The Kier molecular flexibility index (Phi) is 3.98. The van der Waals surface area contributed by atoms with E-state index in [9.17, 15) is 0 Å². The zero-order valence-electron chi connectivity index (χ0n) is 7.43. The van der Waals surface area contributed by atoms with Gasteiger partial charge >= 0.3 is 0 Å². The van der Waals surface area contributed by atoms with Gasteiger partial charge in [-0.1, -0.05) is 24.0 Å². The average molecular weight is 214 g/mol. The van der Waals surface area contributed by atoms with E-state index in [4.69, 9.17) is 16.6 Å². The standard InChI is InChI=1S/C8H10N2OS2/c1-10(8(12)13-2)9-6-7-4-3-5-11-7/h3-6H,1-2H3/b9-6+. The molecule has 0 saturated carbocycles. The quantitative estimate of drug-likeness (QED) is 0.429. The fourth-order valence-corrected chi connectivity index (χ4v) is 1.05. The van der Waals surface area contributed by atoms with Crippen LogP contribution in [0.25, 0.3) is 0 Å². The van der Waals surface area contributed by atoms with Crippen molar-refractivity contribution < 1.29 is 4.42 Å². The number of hydrogen-bond acceptors (Lipinski definition) is 4. The molecule has 5 heteroatoms. The molecule has 0 aliphatic rings. The number of nitrogens with zero attached hydrogens (tertiary/aromatic N) is 2. The van der Waals surface area contributed by atoms with E-state index in [1.165, 1.54) is 11.8 Å². The summed E-state index contributed by atoms with van der Waals surface area (Å²) in [4.78, 5) is 0. The van der Waals surface area contributed by atoms with E-state index in [-0.39, 0.29) is 0 Å². The largest absolute Gasteiger partial charge is 0.463 e. The molecule has 1 heterocycles. The Morgan fingerprint density at radius 1 is 1.77 bits per heavy atom. The normalized spacial score (nSPS) is 10.6. The number of rotatable bonds is 2. The van der Waals surface area contributed by atoms with Gasteiger partial charge in [0.25, 0.3) is 0 Å². The molecule has 13 heavy (non-hydrogen) atoms. The van der Waals surface area contributed by atoms with Gasteiger partial charge in [-0.3, -0.25) is 5.01 Å². The van der Waals surface area contributed by atoms with Crippen molar-refractivity contribution in [2.45, 2.75) is 0 Å². The molecule has 0 bridgehead atoms. The molecule has 0 saturated heterocycles. The van der Waals surface area contributed by atoms with E-state index in [1.54, 1.807) is 24.5 Å². The van der Waals surface area contributed by atoms with Crippen LogP contribution in [-0.4, -0.2) is 28.8 Å². The van der Waals surface area contributed by atoms with Crippen LogP contribution in [0.3, 0.4) is 0 Å². The van der Waals surface area contributed by atoms with Crippen LogP contribution in [0, 0.1) is 0 Å². The summed E-state index contributed by atoms with van der Waals surface area (Å²) in [6.07, 6.45) is 5.15. The first-order valence-electron chi connectivity index (χ1n) is 3.63. The van der Waals surface area contributed by atoms with Gasteiger partial charge in [0.2, 0.25) is 0 Å². The number of furan rings is 1. The maximum absolute atomic E-state index is 5.07. The molecule has 0 spiro atoms. The Hall–Kier alpha value is -0.810. The second-order valence-corrected chi connectivity index (χ2v) is 3.69. The lowest BCUT2D eigenvalue weighted by molar-refractivity contribution is 0.544. The van der Waals surface area contributed by atoms with Gasteiger partial charge < -0.3 is 4.42 Å². The van der Waals surface area contributed by atoms with Gasteiger partial charge in [-0.25, -0.2) is 0 Å². The third kappa shape index (κ3) is 3.20. The topological polar surface area (TPSA) is 28.7 Å². The number of hydrazone groups is 1. The molecule has 1 aromatic heterocycles. The van der Waals surface area contributed by atoms with Crippen LogP contribution in [0.4, 0.5) is 0 Å². The molecule has 0 aliphatic heterocycles. The Morgan fingerprint density at radius 2 is 2.54 bits per heavy atom. The molecular weight excluding hydrogens is 204 g/mol. The minimum atomic E-state index is 0.718. The molecule has 3 nitrogen and oxygen atoms in total. The summed E-state index contributed by atoms with van der Waals surface area (Å²) >= 11 is 6.50. The zero-order chi connectivity index (χ0) is 9.68. The van der Waals surface area contributed by atoms with Crippen molar-refractivity contribution in [1.29, 1.82) is 0 Å². The van der Waals surface area contributed by atoms with E-state index in [0.717, 1.165) is 10.1 Å². The lowest BCUT2D eigenvalue weighted by Gasteiger charge is -2.09. The van der Waals surface area contributed by atoms with E-state index in [2.05, 4.69) is 5.10 Å². The third-order valence-electron chi connectivity index (χ3n) is 1.34. The molecule has 0 amide bonds. The van der Waals surface area contributed by atoms with Crippen LogP contribution in [0.5, 0.6) is 0 Å². The van der Waals surface area contributed by atoms with E-state index in [0.29, 0.717) is 0 Å². The fourth-order valence-electron chi connectivity index (χ4n) is 0.687. The first kappa shape index (κ1) is 10.3. The molecule has 0 unspecified atom stereocenters. The smallest absolute Gasteiger partial charge is 0.156 e. The average Bonchev–Trinajstić information content (AvgIpc) is 2.65. The molecule has 0 N–H and O–H groups in total. The van der Waals surface area contributed by atoms with Crippen molar-refractivity contribution in [3.63, 3.8) is 0 Å². The van der Waals surface area contributed by atoms with Gasteiger partial charge in [0.15, 0.2) is 4.32 Å². The van der Waals surface area contributed by atoms with Crippen LogP contribution in [0.2, 0.25) is 0 Å². The van der Waals surface area contributed by atoms with Crippen LogP contribution < -0.4 is 0 Å². The lowest BCUT2D eigenvalue weighted by Crippen LogP contribution is -2.15. The van der Waals surface area contributed by atoms with Gasteiger partial charge in [0, 0.05) is 7.05 Å². The molecule has 0 aliphatic carbocycles.